The average molecular weight is 387 g/mol. The minimum Gasteiger partial charge on any atom is -0.448 e. The van der Waals surface area contributed by atoms with Crippen molar-refractivity contribution in [3.8, 4) is 0 Å². The van der Waals surface area contributed by atoms with Gasteiger partial charge in [-0.05, 0) is 57.5 Å². The van der Waals surface area contributed by atoms with Gasteiger partial charge in [0.15, 0.2) is 6.10 Å². The molecule has 0 spiro atoms. The van der Waals surface area contributed by atoms with Crippen LogP contribution in [0, 0.1) is 13.8 Å². The van der Waals surface area contributed by atoms with E-state index in [1.165, 1.54) is 13.8 Å². The Labute approximate surface area is 163 Å². The van der Waals surface area contributed by atoms with Gasteiger partial charge in [0.2, 0.25) is 5.91 Å². The monoisotopic (exact) mass is 387 g/mol. The Morgan fingerprint density at radius 2 is 1.57 bits per heavy atom. The number of hydrogen-bond donors (Lipinski definition) is 4. The molecule has 0 saturated carbocycles. The summed E-state index contributed by atoms with van der Waals surface area (Å²) >= 11 is 0. The third-order valence-electron chi connectivity index (χ3n) is 4.24. The molecule has 28 heavy (non-hydrogen) atoms. The fraction of sp³-hybridized carbons (Fsp3) is 0.350. The zero-order valence-corrected chi connectivity index (χ0v) is 16.5. The van der Waals surface area contributed by atoms with Crippen molar-refractivity contribution in [2.75, 3.05) is 10.6 Å². The molecule has 2 atom stereocenters. The Balaban J connectivity index is 2.01. The molecular weight excluding hydrogens is 362 g/mol. The van der Waals surface area contributed by atoms with Gasteiger partial charge in [-0.1, -0.05) is 0 Å². The number of ether oxygens (including phenoxy) is 1. The number of anilines is 2. The number of rotatable bonds is 6. The van der Waals surface area contributed by atoms with E-state index < -0.39 is 24.1 Å². The Hall–Kier alpha value is -3.13. The predicted octanol–water partition coefficient (Wildman–Crippen LogP) is 2.83. The van der Waals surface area contributed by atoms with E-state index in [1.54, 1.807) is 45.0 Å². The number of nitrogens with one attached hydrogen (secondary N) is 3. The normalized spacial score (nSPS) is 12.8. The van der Waals surface area contributed by atoms with Crippen molar-refractivity contribution in [2.45, 2.75) is 46.8 Å². The number of carbonyl (C=O) groups is 3. The Morgan fingerprint density at radius 1 is 1.04 bits per heavy atom. The lowest BCUT2D eigenvalue weighted by atomic mass is 10.1. The number of H-pyrrole nitrogens is 1. The standard InChI is InChI=1S/C20H25N3O5/c1-10-17(12(3)24)11(2)21-18(10)20(27)28-13(4)19(26)23-16-8-6-15(7-9-16)22-14(5)25/h6-9,12-13,21,24H,1-5H3,(H,22,25)(H,23,26)/t12-,13-/m1/s1. The van der Waals surface area contributed by atoms with Crippen molar-refractivity contribution in [2.24, 2.45) is 0 Å². The molecule has 8 nitrogen and oxygen atoms in total. The lowest BCUT2D eigenvalue weighted by Crippen LogP contribution is -2.30. The molecule has 2 rings (SSSR count). The number of amides is 2. The van der Waals surface area contributed by atoms with Crippen LogP contribution in [0.2, 0.25) is 0 Å². The second-order valence-electron chi connectivity index (χ2n) is 6.63. The van der Waals surface area contributed by atoms with E-state index in [1.807, 2.05) is 0 Å². The number of hydrogen-bond acceptors (Lipinski definition) is 5. The van der Waals surface area contributed by atoms with Crippen LogP contribution in [0.3, 0.4) is 0 Å². The first kappa shape index (κ1) is 21.2. The van der Waals surface area contributed by atoms with Gasteiger partial charge < -0.3 is 25.5 Å². The van der Waals surface area contributed by atoms with Crippen LogP contribution in [0.25, 0.3) is 0 Å². The van der Waals surface area contributed by atoms with Crippen LogP contribution >= 0.6 is 0 Å². The van der Waals surface area contributed by atoms with E-state index >= 15 is 0 Å². The summed E-state index contributed by atoms with van der Waals surface area (Å²) in [4.78, 5) is 38.6. The third-order valence-corrected chi connectivity index (χ3v) is 4.24. The maximum absolute atomic E-state index is 12.4. The quantitative estimate of drug-likeness (QED) is 0.568. The molecule has 0 aliphatic heterocycles. The topological polar surface area (TPSA) is 121 Å². The highest BCUT2D eigenvalue weighted by atomic mass is 16.5. The van der Waals surface area contributed by atoms with Gasteiger partial charge in [-0.25, -0.2) is 4.79 Å². The fourth-order valence-electron chi connectivity index (χ4n) is 2.95. The molecule has 1 aromatic heterocycles. The van der Waals surface area contributed by atoms with Gasteiger partial charge in [0.25, 0.3) is 5.91 Å². The van der Waals surface area contributed by atoms with Crippen LogP contribution in [-0.4, -0.2) is 34.0 Å². The number of aliphatic hydroxyl groups excluding tert-OH is 1. The molecule has 1 heterocycles. The van der Waals surface area contributed by atoms with Crippen LogP contribution in [-0.2, 0) is 14.3 Å². The lowest BCUT2D eigenvalue weighted by molar-refractivity contribution is -0.123. The molecule has 0 bridgehead atoms. The second-order valence-corrected chi connectivity index (χ2v) is 6.63. The first-order chi connectivity index (χ1) is 13.1. The summed E-state index contributed by atoms with van der Waals surface area (Å²) in [6, 6.07) is 6.56. The number of aryl methyl sites for hydroxylation is 1. The summed E-state index contributed by atoms with van der Waals surface area (Å²) in [6.07, 6.45) is -1.75. The molecule has 0 radical (unpaired) electrons. The van der Waals surface area contributed by atoms with Gasteiger partial charge in [-0.15, -0.1) is 0 Å². The highest BCUT2D eigenvalue weighted by molar-refractivity contribution is 5.97. The number of aromatic nitrogens is 1. The Kier molecular flexibility index (Phi) is 6.58. The van der Waals surface area contributed by atoms with E-state index in [9.17, 15) is 19.5 Å². The molecule has 0 fully saturated rings. The van der Waals surface area contributed by atoms with Gasteiger partial charge in [-0.3, -0.25) is 9.59 Å². The fourth-order valence-corrected chi connectivity index (χ4v) is 2.95. The molecule has 0 saturated heterocycles. The molecule has 0 aliphatic carbocycles. The molecule has 150 valence electrons. The van der Waals surface area contributed by atoms with Crippen molar-refractivity contribution < 1.29 is 24.2 Å². The van der Waals surface area contributed by atoms with Crippen molar-refractivity contribution in [1.29, 1.82) is 0 Å². The average Bonchev–Trinajstić information content (AvgIpc) is 2.90. The number of benzene rings is 1. The minimum atomic E-state index is -1.03. The lowest BCUT2D eigenvalue weighted by Gasteiger charge is -2.14. The largest absolute Gasteiger partial charge is 0.448 e. The molecule has 0 aliphatic rings. The van der Waals surface area contributed by atoms with Crippen molar-refractivity contribution in [3.05, 3.63) is 46.8 Å². The summed E-state index contributed by atoms with van der Waals surface area (Å²) in [5.41, 5.74) is 3.24. The third kappa shape index (κ3) is 4.98. The van der Waals surface area contributed by atoms with E-state index in [4.69, 9.17) is 4.74 Å². The highest BCUT2D eigenvalue weighted by Gasteiger charge is 2.24. The molecule has 8 heteroatoms. The van der Waals surface area contributed by atoms with Gasteiger partial charge in [0.1, 0.15) is 5.69 Å². The first-order valence-electron chi connectivity index (χ1n) is 8.86. The van der Waals surface area contributed by atoms with Crippen LogP contribution in [0.4, 0.5) is 11.4 Å². The van der Waals surface area contributed by atoms with Crippen molar-refractivity contribution >= 4 is 29.2 Å². The SMILES string of the molecule is CC(=O)Nc1ccc(NC(=O)[C@@H](C)OC(=O)c2[nH]c(C)c([C@@H](C)O)c2C)cc1. The van der Waals surface area contributed by atoms with Crippen LogP contribution in [0.15, 0.2) is 24.3 Å². The summed E-state index contributed by atoms with van der Waals surface area (Å²) in [5, 5.41) is 15.1. The Morgan fingerprint density at radius 3 is 2.04 bits per heavy atom. The smallest absolute Gasteiger partial charge is 0.355 e. The molecule has 2 aromatic rings. The highest BCUT2D eigenvalue weighted by Crippen LogP contribution is 2.25. The summed E-state index contributed by atoms with van der Waals surface area (Å²) in [5.74, 6) is -1.35. The van der Waals surface area contributed by atoms with E-state index in [-0.39, 0.29) is 11.6 Å². The number of carbonyl (C=O) groups excluding carboxylic acids is 3. The van der Waals surface area contributed by atoms with Crippen molar-refractivity contribution in [1.82, 2.24) is 4.98 Å². The van der Waals surface area contributed by atoms with E-state index in [0.717, 1.165) is 0 Å². The molecular formula is C20H25N3O5. The number of esters is 1. The van der Waals surface area contributed by atoms with Crippen LogP contribution in [0.5, 0.6) is 0 Å². The summed E-state index contributed by atoms with van der Waals surface area (Å²) in [7, 11) is 0. The maximum atomic E-state index is 12.4. The van der Waals surface area contributed by atoms with Gasteiger partial charge >= 0.3 is 5.97 Å². The van der Waals surface area contributed by atoms with Gasteiger partial charge in [-0.2, -0.15) is 0 Å². The molecule has 0 unspecified atom stereocenters. The van der Waals surface area contributed by atoms with Crippen LogP contribution in [0.1, 0.15) is 54.2 Å². The molecule has 4 N–H and O–H groups in total. The second kappa shape index (κ2) is 8.71. The van der Waals surface area contributed by atoms with Crippen LogP contribution < -0.4 is 10.6 Å². The zero-order chi connectivity index (χ0) is 21.0. The Bertz CT molecular complexity index is 884. The number of aliphatic hydroxyl groups is 1. The molecule has 2 amide bonds. The van der Waals surface area contributed by atoms with Crippen molar-refractivity contribution in [3.63, 3.8) is 0 Å². The first-order valence-corrected chi connectivity index (χ1v) is 8.86. The maximum Gasteiger partial charge on any atom is 0.355 e. The minimum absolute atomic E-state index is 0.189. The number of aromatic amines is 1. The van der Waals surface area contributed by atoms with E-state index in [2.05, 4.69) is 15.6 Å². The zero-order valence-electron chi connectivity index (χ0n) is 16.5. The van der Waals surface area contributed by atoms with E-state index in [0.29, 0.717) is 28.2 Å². The van der Waals surface area contributed by atoms with Gasteiger partial charge in [0, 0.05) is 29.6 Å². The van der Waals surface area contributed by atoms with Gasteiger partial charge in [0.05, 0.1) is 6.10 Å². The summed E-state index contributed by atoms with van der Waals surface area (Å²) in [6.45, 7) is 7.96. The predicted molar refractivity (Wildman–Crippen MR) is 105 cm³/mol. The molecule has 1 aromatic carbocycles. The summed E-state index contributed by atoms with van der Waals surface area (Å²) < 4.78 is 5.25.